The molecule has 1 nitrogen and oxygen atoms in total. The van der Waals surface area contributed by atoms with Gasteiger partial charge in [0.2, 0.25) is 0 Å². The van der Waals surface area contributed by atoms with E-state index in [9.17, 15) is 0 Å². The molecule has 1 aromatic heterocycles. The summed E-state index contributed by atoms with van der Waals surface area (Å²) in [5, 5.41) is 1.06. The lowest BCUT2D eigenvalue weighted by molar-refractivity contribution is 1.32. The van der Waals surface area contributed by atoms with Crippen LogP contribution in [0.5, 0.6) is 0 Å². The zero-order valence-electron chi connectivity index (χ0n) is 8.58. The summed E-state index contributed by atoms with van der Waals surface area (Å²) in [5.74, 6) is 0. The van der Waals surface area contributed by atoms with E-state index in [1.807, 2.05) is 24.5 Å². The van der Waals surface area contributed by atoms with Gasteiger partial charge in [0.15, 0.2) is 0 Å². The molecular weight excluding hydrogens is 261 g/mol. The number of benzene rings is 1. The summed E-state index contributed by atoms with van der Waals surface area (Å²) < 4.78 is 0. The molecule has 0 saturated carbocycles. The van der Waals surface area contributed by atoms with Crippen molar-refractivity contribution >= 4 is 35.0 Å². The summed E-state index contributed by atoms with van der Waals surface area (Å²) in [7, 11) is 0. The summed E-state index contributed by atoms with van der Waals surface area (Å²) in [6.07, 6.45) is 3.59. The lowest BCUT2D eigenvalue weighted by atomic mass is 10.1. The van der Waals surface area contributed by atoms with Crippen LogP contribution in [0.1, 0.15) is 0 Å². The average molecular weight is 270 g/mol. The predicted molar refractivity (Wildman–Crippen MR) is 71.5 cm³/mol. The number of pyridine rings is 1. The van der Waals surface area contributed by atoms with E-state index in [4.69, 9.17) is 23.2 Å². The molecule has 0 spiro atoms. The molecule has 2 aromatic rings. The molecule has 4 heteroatoms. The smallest absolute Gasteiger partial charge is 0.136 e. The van der Waals surface area contributed by atoms with Crippen LogP contribution in [0.25, 0.3) is 11.1 Å². The first-order valence-corrected chi connectivity index (χ1v) is 6.64. The van der Waals surface area contributed by atoms with Gasteiger partial charge < -0.3 is 0 Å². The first-order chi connectivity index (χ1) is 7.70. The lowest BCUT2D eigenvalue weighted by Crippen LogP contribution is -1.83. The third kappa shape index (κ3) is 2.51. The van der Waals surface area contributed by atoms with Gasteiger partial charge in [-0.25, -0.2) is 4.98 Å². The first-order valence-electron chi connectivity index (χ1n) is 4.66. The minimum Gasteiger partial charge on any atom is -0.242 e. The van der Waals surface area contributed by atoms with E-state index in [2.05, 4.69) is 17.1 Å². The van der Waals surface area contributed by atoms with Gasteiger partial charge in [0, 0.05) is 16.7 Å². The Bertz CT molecular complexity index is 497. The number of rotatable bonds is 2. The number of hydrogen-bond donors (Lipinski definition) is 0. The Labute approximate surface area is 109 Å². The highest BCUT2D eigenvalue weighted by molar-refractivity contribution is 7.98. The SMILES string of the molecule is CSc1ccc(-c2cc(Cl)cnc2Cl)cc1. The van der Waals surface area contributed by atoms with Crippen molar-refractivity contribution in [3.63, 3.8) is 0 Å². The Morgan fingerprint density at radius 1 is 1.12 bits per heavy atom. The highest BCUT2D eigenvalue weighted by Crippen LogP contribution is 2.29. The zero-order chi connectivity index (χ0) is 11.5. The molecule has 1 heterocycles. The third-order valence-corrected chi connectivity index (χ3v) is 3.46. The average Bonchev–Trinajstić information content (AvgIpc) is 2.32. The van der Waals surface area contributed by atoms with Crippen molar-refractivity contribution < 1.29 is 0 Å². The van der Waals surface area contributed by atoms with Crippen molar-refractivity contribution in [3.05, 3.63) is 46.7 Å². The Hall–Kier alpha value is -0.700. The van der Waals surface area contributed by atoms with Crippen LogP contribution in [0.15, 0.2) is 41.4 Å². The molecule has 82 valence electrons. The van der Waals surface area contributed by atoms with Gasteiger partial charge in [0.25, 0.3) is 0 Å². The Morgan fingerprint density at radius 3 is 2.44 bits per heavy atom. The lowest BCUT2D eigenvalue weighted by Gasteiger charge is -2.05. The van der Waals surface area contributed by atoms with Crippen molar-refractivity contribution in [3.8, 4) is 11.1 Å². The molecule has 2 rings (SSSR count). The molecule has 0 atom stereocenters. The number of nitrogens with zero attached hydrogens (tertiary/aromatic N) is 1. The van der Waals surface area contributed by atoms with Crippen LogP contribution in [-0.4, -0.2) is 11.2 Å². The van der Waals surface area contributed by atoms with Crippen LogP contribution in [-0.2, 0) is 0 Å². The second kappa shape index (κ2) is 5.09. The predicted octanol–water partition coefficient (Wildman–Crippen LogP) is 4.78. The van der Waals surface area contributed by atoms with Gasteiger partial charge in [0.1, 0.15) is 5.15 Å². The monoisotopic (exact) mass is 269 g/mol. The van der Waals surface area contributed by atoms with Crippen molar-refractivity contribution in [2.45, 2.75) is 4.90 Å². The normalized spacial score (nSPS) is 10.4. The van der Waals surface area contributed by atoms with Gasteiger partial charge >= 0.3 is 0 Å². The van der Waals surface area contributed by atoms with Gasteiger partial charge in [-0.1, -0.05) is 35.3 Å². The highest BCUT2D eigenvalue weighted by atomic mass is 35.5. The van der Waals surface area contributed by atoms with Crippen LogP contribution in [0, 0.1) is 0 Å². The van der Waals surface area contributed by atoms with Gasteiger partial charge in [-0.05, 0) is 30.0 Å². The topological polar surface area (TPSA) is 12.9 Å². The van der Waals surface area contributed by atoms with E-state index in [1.165, 1.54) is 4.90 Å². The van der Waals surface area contributed by atoms with E-state index >= 15 is 0 Å². The van der Waals surface area contributed by atoms with Gasteiger partial charge in [-0.3, -0.25) is 0 Å². The summed E-state index contributed by atoms with van der Waals surface area (Å²) in [6.45, 7) is 0. The fraction of sp³-hybridized carbons (Fsp3) is 0.0833. The second-order valence-electron chi connectivity index (χ2n) is 3.22. The highest BCUT2D eigenvalue weighted by Gasteiger charge is 2.05. The van der Waals surface area contributed by atoms with Crippen molar-refractivity contribution in [1.29, 1.82) is 0 Å². The minimum atomic E-state index is 0.473. The number of halogens is 2. The maximum Gasteiger partial charge on any atom is 0.136 e. The zero-order valence-corrected chi connectivity index (χ0v) is 10.9. The van der Waals surface area contributed by atoms with E-state index in [0.717, 1.165) is 11.1 Å². The van der Waals surface area contributed by atoms with E-state index in [0.29, 0.717) is 10.2 Å². The van der Waals surface area contributed by atoms with Crippen LogP contribution in [0.3, 0.4) is 0 Å². The van der Waals surface area contributed by atoms with Crippen molar-refractivity contribution in [2.24, 2.45) is 0 Å². The molecular formula is C12H9Cl2NS. The quantitative estimate of drug-likeness (QED) is 0.575. The van der Waals surface area contributed by atoms with Crippen LogP contribution in [0.2, 0.25) is 10.2 Å². The van der Waals surface area contributed by atoms with Crippen LogP contribution < -0.4 is 0 Å². The molecule has 0 fully saturated rings. The summed E-state index contributed by atoms with van der Waals surface area (Å²) in [4.78, 5) is 5.24. The van der Waals surface area contributed by atoms with Gasteiger partial charge in [0.05, 0.1) is 5.02 Å². The molecule has 1 aromatic carbocycles. The maximum absolute atomic E-state index is 6.03. The molecule has 0 N–H and O–H groups in total. The maximum atomic E-state index is 6.03. The summed E-state index contributed by atoms with van der Waals surface area (Å²) in [6, 6.07) is 9.97. The Morgan fingerprint density at radius 2 is 1.81 bits per heavy atom. The van der Waals surface area contributed by atoms with Crippen LogP contribution >= 0.6 is 35.0 Å². The molecule has 0 aliphatic rings. The van der Waals surface area contributed by atoms with Crippen molar-refractivity contribution in [2.75, 3.05) is 6.26 Å². The minimum absolute atomic E-state index is 0.473. The van der Waals surface area contributed by atoms with E-state index in [1.54, 1.807) is 18.0 Å². The molecule has 0 saturated heterocycles. The van der Waals surface area contributed by atoms with E-state index in [-0.39, 0.29) is 0 Å². The molecule has 0 aliphatic heterocycles. The largest absolute Gasteiger partial charge is 0.242 e. The van der Waals surface area contributed by atoms with Gasteiger partial charge in [-0.15, -0.1) is 11.8 Å². The second-order valence-corrected chi connectivity index (χ2v) is 4.89. The standard InChI is InChI=1S/C12H9Cl2NS/c1-16-10-4-2-8(3-5-10)11-6-9(13)7-15-12(11)14/h2-7H,1H3. The number of thioether (sulfide) groups is 1. The Kier molecular flexibility index (Phi) is 3.74. The van der Waals surface area contributed by atoms with E-state index < -0.39 is 0 Å². The third-order valence-electron chi connectivity index (χ3n) is 2.21. The summed E-state index contributed by atoms with van der Waals surface area (Å²) >= 11 is 13.6. The summed E-state index contributed by atoms with van der Waals surface area (Å²) in [5.41, 5.74) is 1.89. The molecule has 0 unspecified atom stereocenters. The van der Waals surface area contributed by atoms with Crippen LogP contribution in [0.4, 0.5) is 0 Å². The number of hydrogen-bond acceptors (Lipinski definition) is 2. The Balaban J connectivity index is 2.45. The first kappa shape index (κ1) is 11.8. The fourth-order valence-electron chi connectivity index (χ4n) is 1.40. The number of aromatic nitrogens is 1. The van der Waals surface area contributed by atoms with Gasteiger partial charge in [-0.2, -0.15) is 0 Å². The molecule has 0 amide bonds. The van der Waals surface area contributed by atoms with Crippen molar-refractivity contribution in [1.82, 2.24) is 4.98 Å². The molecule has 0 aliphatic carbocycles. The molecule has 0 radical (unpaired) electrons. The fourth-order valence-corrected chi connectivity index (χ4v) is 2.17. The molecule has 0 bridgehead atoms. The molecule has 16 heavy (non-hydrogen) atoms.